The van der Waals surface area contributed by atoms with Crippen molar-refractivity contribution in [2.45, 2.75) is 50.4 Å². The van der Waals surface area contributed by atoms with Gasteiger partial charge in [0.2, 0.25) is 5.91 Å². The Morgan fingerprint density at radius 2 is 2.26 bits per heavy atom. The van der Waals surface area contributed by atoms with Crippen molar-refractivity contribution in [2.24, 2.45) is 11.1 Å². The van der Waals surface area contributed by atoms with Crippen LogP contribution in [0.5, 0.6) is 0 Å². The molecular formula is C19H24N4O4. The predicted molar refractivity (Wildman–Crippen MR) is 96.5 cm³/mol. The summed E-state index contributed by atoms with van der Waals surface area (Å²) < 4.78 is 0. The van der Waals surface area contributed by atoms with Crippen molar-refractivity contribution in [3.8, 4) is 0 Å². The molecule has 2 aliphatic heterocycles. The van der Waals surface area contributed by atoms with E-state index in [1.54, 1.807) is 12.4 Å². The lowest BCUT2D eigenvalue weighted by Crippen LogP contribution is -2.54. The first-order chi connectivity index (χ1) is 13.0. The van der Waals surface area contributed by atoms with Gasteiger partial charge >= 0.3 is 0 Å². The maximum absolute atomic E-state index is 12.6. The van der Waals surface area contributed by atoms with Crippen LogP contribution < -0.4 is 5.32 Å². The molecule has 0 unspecified atom stereocenters. The molecule has 2 fully saturated rings. The second-order valence-corrected chi connectivity index (χ2v) is 7.72. The van der Waals surface area contributed by atoms with Crippen molar-refractivity contribution in [1.82, 2.24) is 15.2 Å². The van der Waals surface area contributed by atoms with Crippen LogP contribution in [-0.4, -0.2) is 57.3 Å². The summed E-state index contributed by atoms with van der Waals surface area (Å²) in [4.78, 5) is 36.5. The van der Waals surface area contributed by atoms with Gasteiger partial charge in [-0.15, -0.1) is 0 Å². The van der Waals surface area contributed by atoms with E-state index < -0.39 is 5.60 Å². The lowest BCUT2D eigenvalue weighted by atomic mass is 9.80. The molecule has 0 aromatic carbocycles. The maximum atomic E-state index is 12.6. The van der Waals surface area contributed by atoms with E-state index in [0.717, 1.165) is 18.4 Å². The first-order valence-electron chi connectivity index (χ1n) is 9.44. The number of amides is 2. The highest BCUT2D eigenvalue weighted by molar-refractivity contribution is 6.39. The summed E-state index contributed by atoms with van der Waals surface area (Å²) in [6.07, 6.45) is 6.13. The number of piperidine rings is 1. The predicted octanol–water partition coefficient (Wildman–Crippen LogP) is 0.606. The molecule has 144 valence electrons. The Labute approximate surface area is 157 Å². The van der Waals surface area contributed by atoms with Crippen molar-refractivity contribution >= 4 is 17.5 Å². The minimum Gasteiger partial charge on any atom is -0.393 e. The molecule has 4 rings (SSSR count). The number of likely N-dealkylation sites (tertiary alicyclic amines) is 1. The van der Waals surface area contributed by atoms with Crippen molar-refractivity contribution in [3.63, 3.8) is 0 Å². The number of hydrogen-bond acceptors (Lipinski definition) is 6. The van der Waals surface area contributed by atoms with Gasteiger partial charge in [0.15, 0.2) is 5.60 Å². The van der Waals surface area contributed by atoms with Gasteiger partial charge in [0.1, 0.15) is 5.71 Å². The summed E-state index contributed by atoms with van der Waals surface area (Å²) in [5.74, 6) is -0.251. The van der Waals surface area contributed by atoms with E-state index in [2.05, 4.69) is 15.5 Å². The summed E-state index contributed by atoms with van der Waals surface area (Å²) in [5, 5.41) is 16.3. The Balaban J connectivity index is 1.31. The number of pyridine rings is 1. The van der Waals surface area contributed by atoms with Crippen LogP contribution in [0.2, 0.25) is 0 Å². The van der Waals surface area contributed by atoms with E-state index in [0.29, 0.717) is 44.6 Å². The summed E-state index contributed by atoms with van der Waals surface area (Å²) in [6.45, 7) is 1.52. The largest absolute Gasteiger partial charge is 0.393 e. The normalized spacial score (nSPS) is 29.7. The van der Waals surface area contributed by atoms with Crippen molar-refractivity contribution in [1.29, 1.82) is 0 Å². The minimum atomic E-state index is -0.600. The molecule has 3 heterocycles. The summed E-state index contributed by atoms with van der Waals surface area (Å²) in [6, 6.07) is 3.71. The molecular weight excluding hydrogens is 348 g/mol. The first-order valence-corrected chi connectivity index (χ1v) is 9.44. The first kappa shape index (κ1) is 17.9. The quantitative estimate of drug-likeness (QED) is 0.806. The molecule has 1 aromatic rings. The van der Waals surface area contributed by atoms with Crippen LogP contribution in [0.4, 0.5) is 0 Å². The fourth-order valence-electron chi connectivity index (χ4n) is 3.98. The maximum Gasteiger partial charge on any atom is 0.269 e. The molecule has 1 aromatic heterocycles. The highest BCUT2D eigenvalue weighted by atomic mass is 16.7. The number of nitrogens with zero attached hydrogens (tertiary/aromatic N) is 3. The van der Waals surface area contributed by atoms with Gasteiger partial charge in [-0.05, 0) is 37.3 Å². The number of aliphatic hydroxyl groups is 1. The van der Waals surface area contributed by atoms with Crippen molar-refractivity contribution in [2.75, 3.05) is 13.1 Å². The highest BCUT2D eigenvalue weighted by Gasteiger charge is 2.47. The van der Waals surface area contributed by atoms with Crippen molar-refractivity contribution < 1.29 is 19.5 Å². The lowest BCUT2D eigenvalue weighted by molar-refractivity contribution is -0.151. The fourth-order valence-corrected chi connectivity index (χ4v) is 3.98. The number of aromatic nitrogens is 1. The zero-order chi connectivity index (χ0) is 18.9. The van der Waals surface area contributed by atoms with Crippen LogP contribution >= 0.6 is 0 Å². The standard InChI is InChI=1S/C19H24N4O4/c24-15-7-14(8-15)18(26)23-6-2-4-19(12-23)9-16(22-27-19)17(25)21-11-13-3-1-5-20-10-13/h1,3,5,10,14-15,24H,2,4,6-9,11-12H2,(H,21,25)/t14?,15?,19-/m0/s1. The van der Waals surface area contributed by atoms with Gasteiger partial charge in [-0.3, -0.25) is 14.6 Å². The van der Waals surface area contributed by atoms with Crippen LogP contribution in [0.15, 0.2) is 29.7 Å². The Hall–Kier alpha value is -2.48. The van der Waals surface area contributed by atoms with Gasteiger partial charge in [0.25, 0.3) is 5.91 Å². The highest BCUT2D eigenvalue weighted by Crippen LogP contribution is 2.36. The molecule has 2 amide bonds. The van der Waals surface area contributed by atoms with Crippen molar-refractivity contribution in [3.05, 3.63) is 30.1 Å². The van der Waals surface area contributed by atoms with E-state index >= 15 is 0 Å². The summed E-state index contributed by atoms with van der Waals surface area (Å²) in [5.41, 5.74) is 0.682. The number of aliphatic hydroxyl groups excluding tert-OH is 1. The average Bonchev–Trinajstić information content (AvgIpc) is 3.07. The zero-order valence-corrected chi connectivity index (χ0v) is 15.1. The number of nitrogens with one attached hydrogen (secondary N) is 1. The summed E-state index contributed by atoms with van der Waals surface area (Å²) in [7, 11) is 0. The van der Waals surface area contributed by atoms with Crippen LogP contribution in [0.25, 0.3) is 0 Å². The van der Waals surface area contributed by atoms with Crippen LogP contribution in [0.3, 0.4) is 0 Å². The van der Waals surface area contributed by atoms with E-state index in [1.165, 1.54) is 0 Å². The second kappa shape index (κ2) is 7.26. The van der Waals surface area contributed by atoms with Gasteiger partial charge in [-0.2, -0.15) is 0 Å². The molecule has 1 aliphatic carbocycles. The second-order valence-electron chi connectivity index (χ2n) is 7.72. The Morgan fingerprint density at radius 1 is 1.41 bits per heavy atom. The van der Waals surface area contributed by atoms with Gasteiger partial charge in [-0.25, -0.2) is 0 Å². The number of carbonyl (C=O) groups is 2. The van der Waals surface area contributed by atoms with Gasteiger partial charge < -0.3 is 20.2 Å². The third kappa shape index (κ3) is 3.80. The minimum absolute atomic E-state index is 0.0810. The van der Waals surface area contributed by atoms with E-state index in [-0.39, 0.29) is 23.8 Å². The molecule has 8 heteroatoms. The average molecular weight is 372 g/mol. The molecule has 1 saturated carbocycles. The third-order valence-corrected chi connectivity index (χ3v) is 5.59. The Morgan fingerprint density at radius 3 is 3.00 bits per heavy atom. The molecule has 2 N–H and O–H groups in total. The monoisotopic (exact) mass is 372 g/mol. The van der Waals surface area contributed by atoms with Gasteiger partial charge in [-0.1, -0.05) is 11.2 Å². The van der Waals surface area contributed by atoms with Gasteiger partial charge in [0.05, 0.1) is 12.6 Å². The van der Waals surface area contributed by atoms with Gasteiger partial charge in [0, 0.05) is 37.8 Å². The molecule has 3 aliphatic rings. The molecule has 0 radical (unpaired) electrons. The van der Waals surface area contributed by atoms with Crippen LogP contribution in [-0.2, 0) is 21.0 Å². The molecule has 1 atom stereocenters. The molecule has 8 nitrogen and oxygen atoms in total. The molecule has 0 bridgehead atoms. The fraction of sp³-hybridized carbons (Fsp3) is 0.579. The number of carbonyl (C=O) groups excluding carboxylic acids is 2. The van der Waals surface area contributed by atoms with E-state index in [1.807, 2.05) is 17.0 Å². The van der Waals surface area contributed by atoms with Crippen LogP contribution in [0, 0.1) is 5.92 Å². The van der Waals surface area contributed by atoms with E-state index in [9.17, 15) is 14.7 Å². The molecule has 1 saturated heterocycles. The Kier molecular flexibility index (Phi) is 4.82. The Bertz CT molecular complexity index is 747. The molecule has 1 spiro atoms. The molecule has 27 heavy (non-hydrogen) atoms. The zero-order valence-electron chi connectivity index (χ0n) is 15.1. The smallest absolute Gasteiger partial charge is 0.269 e. The number of hydrogen-bond donors (Lipinski definition) is 2. The third-order valence-electron chi connectivity index (χ3n) is 5.59. The topological polar surface area (TPSA) is 104 Å². The van der Waals surface area contributed by atoms with Crippen LogP contribution in [0.1, 0.15) is 37.7 Å². The SMILES string of the molecule is O=C(NCc1cccnc1)C1=NO[C@@]2(CCCN(C(=O)C3CC(O)C3)C2)C1. The lowest BCUT2D eigenvalue weighted by Gasteiger charge is -2.41. The number of oxime groups is 1. The number of rotatable bonds is 4. The van der Waals surface area contributed by atoms with E-state index in [4.69, 9.17) is 4.84 Å². The summed E-state index contributed by atoms with van der Waals surface area (Å²) >= 11 is 0.